The first kappa shape index (κ1) is 22.3. The number of hydrogen-bond donors (Lipinski definition) is 0. The third-order valence-electron chi connectivity index (χ3n) is 4.86. The van der Waals surface area contributed by atoms with Gasteiger partial charge in [-0.25, -0.2) is 4.79 Å². The van der Waals surface area contributed by atoms with Gasteiger partial charge in [-0.15, -0.1) is 0 Å². The van der Waals surface area contributed by atoms with Crippen LogP contribution in [0.3, 0.4) is 0 Å². The van der Waals surface area contributed by atoms with Crippen LogP contribution in [0.5, 0.6) is 0 Å². The molecular formula is C24H24ClN3O3. The Morgan fingerprint density at radius 1 is 1.00 bits per heavy atom. The van der Waals surface area contributed by atoms with Crippen LogP contribution in [0.15, 0.2) is 78.9 Å². The van der Waals surface area contributed by atoms with E-state index in [0.29, 0.717) is 24.5 Å². The zero-order valence-corrected chi connectivity index (χ0v) is 18.0. The summed E-state index contributed by atoms with van der Waals surface area (Å²) in [5, 5.41) is 11.3. The molecule has 160 valence electrons. The van der Waals surface area contributed by atoms with Crippen LogP contribution in [0.4, 0.5) is 21.9 Å². The number of urea groups is 1. The second kappa shape index (κ2) is 10.6. The Morgan fingerprint density at radius 2 is 1.65 bits per heavy atom. The summed E-state index contributed by atoms with van der Waals surface area (Å²) in [4.78, 5) is 27.7. The van der Waals surface area contributed by atoms with Crippen molar-refractivity contribution in [1.29, 1.82) is 0 Å². The van der Waals surface area contributed by atoms with Crippen LogP contribution in [0.2, 0.25) is 5.02 Å². The van der Waals surface area contributed by atoms with Crippen molar-refractivity contribution in [2.24, 2.45) is 0 Å². The van der Waals surface area contributed by atoms with Gasteiger partial charge in [-0.3, -0.25) is 15.0 Å². The van der Waals surface area contributed by atoms with Crippen LogP contribution in [-0.2, 0) is 6.54 Å². The summed E-state index contributed by atoms with van der Waals surface area (Å²) in [7, 11) is 0. The van der Waals surface area contributed by atoms with Gasteiger partial charge in [0.2, 0.25) is 0 Å². The molecule has 0 radical (unpaired) electrons. The fourth-order valence-corrected chi connectivity index (χ4v) is 3.52. The van der Waals surface area contributed by atoms with Gasteiger partial charge < -0.3 is 4.90 Å². The van der Waals surface area contributed by atoms with Crippen LogP contribution < -0.4 is 4.90 Å². The molecule has 0 N–H and O–H groups in total. The zero-order valence-electron chi connectivity index (χ0n) is 17.3. The predicted molar refractivity (Wildman–Crippen MR) is 124 cm³/mol. The summed E-state index contributed by atoms with van der Waals surface area (Å²) in [6.45, 7) is 3.11. The van der Waals surface area contributed by atoms with Gasteiger partial charge in [0.25, 0.3) is 5.69 Å². The van der Waals surface area contributed by atoms with Crippen molar-refractivity contribution >= 4 is 34.7 Å². The monoisotopic (exact) mass is 437 g/mol. The Labute approximate surface area is 186 Å². The molecule has 6 nitrogen and oxygen atoms in total. The van der Waals surface area contributed by atoms with Crippen LogP contribution in [0.1, 0.15) is 25.3 Å². The lowest BCUT2D eigenvalue weighted by Gasteiger charge is -2.31. The number of rotatable bonds is 8. The standard InChI is InChI=1S/C24H24ClN3O3/c1-2-3-16-26(18-19-10-6-4-7-11-19)24(29)27(20-12-8-5-9-13-20)23-15-14-21(28(30)31)17-22(23)25/h4-15,17H,2-3,16,18H2,1H3. The minimum Gasteiger partial charge on any atom is -0.320 e. The van der Waals surface area contributed by atoms with Crippen molar-refractivity contribution in [3.05, 3.63) is 99.6 Å². The maximum absolute atomic E-state index is 13.8. The third kappa shape index (κ3) is 5.61. The number of anilines is 2. The van der Waals surface area contributed by atoms with E-state index in [1.54, 1.807) is 4.90 Å². The van der Waals surface area contributed by atoms with Crippen molar-refractivity contribution in [2.75, 3.05) is 11.4 Å². The quantitative estimate of drug-likeness (QED) is 0.287. The molecule has 0 saturated carbocycles. The number of carbonyl (C=O) groups excluding carboxylic acids is 1. The summed E-state index contributed by atoms with van der Waals surface area (Å²) >= 11 is 6.41. The molecule has 0 saturated heterocycles. The van der Waals surface area contributed by atoms with Gasteiger partial charge in [0.05, 0.1) is 21.3 Å². The van der Waals surface area contributed by atoms with Crippen molar-refractivity contribution in [3.8, 4) is 0 Å². The number of amides is 2. The molecule has 3 aromatic rings. The minimum atomic E-state index is -0.507. The lowest BCUT2D eigenvalue weighted by molar-refractivity contribution is -0.384. The zero-order chi connectivity index (χ0) is 22.2. The fourth-order valence-electron chi connectivity index (χ4n) is 3.26. The van der Waals surface area contributed by atoms with Gasteiger partial charge in [0, 0.05) is 25.2 Å². The van der Waals surface area contributed by atoms with Crippen molar-refractivity contribution in [2.45, 2.75) is 26.3 Å². The molecule has 2 amide bonds. The first-order chi connectivity index (χ1) is 15.0. The first-order valence-corrected chi connectivity index (χ1v) is 10.5. The topological polar surface area (TPSA) is 66.7 Å². The number of hydrogen-bond acceptors (Lipinski definition) is 3. The molecule has 0 fully saturated rings. The molecule has 0 spiro atoms. The predicted octanol–water partition coefficient (Wildman–Crippen LogP) is 6.81. The number of nitrogens with zero attached hydrogens (tertiary/aromatic N) is 3. The molecule has 0 bridgehead atoms. The average molecular weight is 438 g/mol. The van der Waals surface area contributed by atoms with Crippen LogP contribution in [0, 0.1) is 10.1 Å². The lowest BCUT2D eigenvalue weighted by Crippen LogP contribution is -2.41. The van der Waals surface area contributed by atoms with Crippen LogP contribution >= 0.6 is 11.6 Å². The van der Waals surface area contributed by atoms with Crippen molar-refractivity contribution in [1.82, 2.24) is 4.90 Å². The molecule has 0 aliphatic carbocycles. The summed E-state index contributed by atoms with van der Waals surface area (Å²) in [6, 6.07) is 22.9. The third-order valence-corrected chi connectivity index (χ3v) is 5.16. The fraction of sp³-hybridized carbons (Fsp3) is 0.208. The Morgan fingerprint density at radius 3 is 2.23 bits per heavy atom. The van der Waals surface area contributed by atoms with E-state index in [0.717, 1.165) is 18.4 Å². The van der Waals surface area contributed by atoms with Gasteiger partial charge in [-0.2, -0.15) is 0 Å². The number of nitro groups is 1. The highest BCUT2D eigenvalue weighted by Gasteiger charge is 2.26. The Bertz CT molecular complexity index is 1030. The molecule has 7 heteroatoms. The smallest absolute Gasteiger partial charge is 0.320 e. The summed E-state index contributed by atoms with van der Waals surface area (Å²) in [5.41, 5.74) is 1.94. The first-order valence-electron chi connectivity index (χ1n) is 10.1. The SMILES string of the molecule is CCCCN(Cc1ccccc1)C(=O)N(c1ccccc1)c1ccc([N+](=O)[O-])cc1Cl. The van der Waals surface area contributed by atoms with Gasteiger partial charge in [-0.05, 0) is 30.2 Å². The van der Waals surface area contributed by atoms with Crippen molar-refractivity contribution < 1.29 is 9.72 Å². The van der Waals surface area contributed by atoms with E-state index in [4.69, 9.17) is 11.6 Å². The Balaban J connectivity index is 2.03. The number of unbranched alkanes of at least 4 members (excludes halogenated alkanes) is 1. The molecule has 0 aromatic heterocycles. The Hall–Kier alpha value is -3.38. The second-order valence-corrected chi connectivity index (χ2v) is 7.51. The number of non-ortho nitro benzene ring substituents is 1. The highest BCUT2D eigenvalue weighted by molar-refractivity contribution is 6.34. The molecular weight excluding hydrogens is 414 g/mol. The van der Waals surface area contributed by atoms with E-state index in [1.165, 1.54) is 23.1 Å². The molecule has 0 unspecified atom stereocenters. The largest absolute Gasteiger partial charge is 0.329 e. The van der Waals surface area contributed by atoms with E-state index in [2.05, 4.69) is 6.92 Å². The van der Waals surface area contributed by atoms with Crippen LogP contribution in [0.25, 0.3) is 0 Å². The summed E-state index contributed by atoms with van der Waals surface area (Å²) < 4.78 is 0. The maximum Gasteiger partial charge on any atom is 0.329 e. The molecule has 0 atom stereocenters. The van der Waals surface area contributed by atoms with E-state index in [9.17, 15) is 14.9 Å². The number of benzene rings is 3. The number of para-hydroxylation sites is 1. The van der Waals surface area contributed by atoms with Crippen LogP contribution in [-0.4, -0.2) is 22.4 Å². The minimum absolute atomic E-state index is 0.124. The number of halogens is 1. The highest BCUT2D eigenvalue weighted by Crippen LogP contribution is 2.35. The van der Waals surface area contributed by atoms with Crippen molar-refractivity contribution in [3.63, 3.8) is 0 Å². The Kier molecular flexibility index (Phi) is 7.62. The molecule has 0 heterocycles. The molecule has 3 rings (SSSR count). The molecule has 31 heavy (non-hydrogen) atoms. The molecule has 0 aliphatic rings. The lowest BCUT2D eigenvalue weighted by atomic mass is 10.2. The second-order valence-electron chi connectivity index (χ2n) is 7.11. The number of nitro benzene ring substituents is 1. The van der Waals surface area contributed by atoms with E-state index in [-0.39, 0.29) is 16.7 Å². The van der Waals surface area contributed by atoms with Gasteiger partial charge >= 0.3 is 6.03 Å². The highest BCUT2D eigenvalue weighted by atomic mass is 35.5. The number of carbonyl (C=O) groups is 1. The van der Waals surface area contributed by atoms with E-state index >= 15 is 0 Å². The summed E-state index contributed by atoms with van der Waals surface area (Å²) in [6.07, 6.45) is 1.80. The normalized spacial score (nSPS) is 10.5. The summed E-state index contributed by atoms with van der Waals surface area (Å²) in [5.74, 6) is 0. The van der Waals surface area contributed by atoms with E-state index < -0.39 is 4.92 Å². The average Bonchev–Trinajstić information content (AvgIpc) is 2.79. The van der Waals surface area contributed by atoms with Gasteiger partial charge in [-0.1, -0.05) is 73.5 Å². The molecule has 0 aliphatic heterocycles. The molecule has 3 aromatic carbocycles. The van der Waals surface area contributed by atoms with Gasteiger partial charge in [0.1, 0.15) is 0 Å². The van der Waals surface area contributed by atoms with Gasteiger partial charge in [0.15, 0.2) is 0 Å². The van der Waals surface area contributed by atoms with E-state index in [1.807, 2.05) is 60.7 Å². The maximum atomic E-state index is 13.8.